The van der Waals surface area contributed by atoms with Crippen LogP contribution < -0.4 is 0 Å². The highest BCUT2D eigenvalue weighted by Crippen LogP contribution is 2.36. The van der Waals surface area contributed by atoms with E-state index in [1.54, 1.807) is 6.08 Å². The van der Waals surface area contributed by atoms with Gasteiger partial charge in [0, 0.05) is 13.0 Å². The van der Waals surface area contributed by atoms with Crippen molar-refractivity contribution < 1.29 is 23.8 Å². The molecule has 0 aromatic heterocycles. The van der Waals surface area contributed by atoms with Gasteiger partial charge in [-0.05, 0) is 50.7 Å². The quantitative estimate of drug-likeness (QED) is 0.800. The minimum absolute atomic E-state index is 0.105. The molecule has 5 nitrogen and oxygen atoms in total. The molecule has 1 unspecified atom stereocenters. The van der Waals surface area contributed by atoms with Gasteiger partial charge < -0.3 is 19.5 Å². The number of piperidine rings is 1. The number of nitrogens with zero attached hydrogens (tertiary/aromatic N) is 1. The summed E-state index contributed by atoms with van der Waals surface area (Å²) >= 11 is 0. The molecule has 3 rings (SSSR count). The van der Waals surface area contributed by atoms with Crippen molar-refractivity contribution >= 4 is 6.09 Å². The number of β-amino-alcohol motifs (C(OH)–C–C–N with tert-alkyl or cyclic N) is 1. The molecule has 0 saturated carbocycles. The molecule has 1 saturated heterocycles. The Balaban J connectivity index is 1.53. The fourth-order valence-electron chi connectivity index (χ4n) is 3.77. The third-order valence-electron chi connectivity index (χ3n) is 5.25. The number of aliphatic hydroxyl groups is 1. The minimum Gasteiger partial charge on any atom is -0.486 e. The zero-order chi connectivity index (χ0) is 21.0. The Kier molecular flexibility index (Phi) is 6.63. The van der Waals surface area contributed by atoms with Crippen LogP contribution in [0.25, 0.3) is 0 Å². The van der Waals surface area contributed by atoms with Crippen LogP contribution in [0.1, 0.15) is 39.2 Å². The number of benzene rings is 1. The topological polar surface area (TPSA) is 59.0 Å². The fraction of sp³-hybridized carbons (Fsp3) is 0.522. The van der Waals surface area contributed by atoms with Crippen molar-refractivity contribution in [3.8, 4) is 0 Å². The summed E-state index contributed by atoms with van der Waals surface area (Å²) in [5.41, 5.74) is 0.406. The van der Waals surface area contributed by atoms with Gasteiger partial charge >= 0.3 is 6.09 Å². The van der Waals surface area contributed by atoms with E-state index in [-0.39, 0.29) is 36.4 Å². The first-order valence-corrected chi connectivity index (χ1v) is 10.1. The van der Waals surface area contributed by atoms with Gasteiger partial charge in [-0.3, -0.25) is 0 Å². The predicted octanol–water partition coefficient (Wildman–Crippen LogP) is 4.58. The Morgan fingerprint density at radius 1 is 1.28 bits per heavy atom. The first-order chi connectivity index (χ1) is 13.7. The second kappa shape index (κ2) is 8.99. The van der Waals surface area contributed by atoms with E-state index >= 15 is 0 Å². The Hall–Kier alpha value is -2.34. The zero-order valence-corrected chi connectivity index (χ0v) is 17.3. The molecule has 29 heavy (non-hydrogen) atoms. The normalized spacial score (nSPS) is 25.1. The minimum atomic E-state index is -0.717. The van der Waals surface area contributed by atoms with Gasteiger partial charge in [0.05, 0.1) is 12.6 Å². The van der Waals surface area contributed by atoms with Gasteiger partial charge in [-0.2, -0.15) is 0 Å². The second-order valence-corrected chi connectivity index (χ2v) is 8.72. The van der Waals surface area contributed by atoms with Gasteiger partial charge in [-0.15, -0.1) is 0 Å². The van der Waals surface area contributed by atoms with Crippen molar-refractivity contribution in [2.45, 2.75) is 51.9 Å². The number of amides is 1. The van der Waals surface area contributed by atoms with Gasteiger partial charge in [0.1, 0.15) is 18.0 Å². The van der Waals surface area contributed by atoms with Gasteiger partial charge in [0.15, 0.2) is 5.76 Å². The summed E-state index contributed by atoms with van der Waals surface area (Å²) < 4.78 is 25.6. The van der Waals surface area contributed by atoms with E-state index in [2.05, 4.69) is 0 Å². The molecule has 0 bridgehead atoms. The Labute approximate surface area is 171 Å². The van der Waals surface area contributed by atoms with Crippen LogP contribution in [-0.4, -0.2) is 40.9 Å². The molecular weight excluding hydrogens is 373 g/mol. The van der Waals surface area contributed by atoms with Gasteiger partial charge in [-0.1, -0.05) is 36.4 Å². The Bertz CT molecular complexity index is 769. The molecular formula is C23H30FNO4. The molecule has 1 amide bonds. The molecule has 1 N–H and O–H groups in total. The zero-order valence-electron chi connectivity index (χ0n) is 17.3. The van der Waals surface area contributed by atoms with Crippen molar-refractivity contribution in [1.82, 2.24) is 4.90 Å². The van der Waals surface area contributed by atoms with E-state index in [4.69, 9.17) is 9.47 Å². The van der Waals surface area contributed by atoms with E-state index in [9.17, 15) is 14.3 Å². The number of carbonyl (C=O) groups excluding carboxylic acids is 1. The molecule has 158 valence electrons. The van der Waals surface area contributed by atoms with Crippen molar-refractivity contribution in [1.29, 1.82) is 0 Å². The van der Waals surface area contributed by atoms with Crippen molar-refractivity contribution in [2.75, 3.05) is 13.1 Å². The lowest BCUT2D eigenvalue weighted by atomic mass is 9.78. The number of halogens is 1. The number of hydrogen-bond acceptors (Lipinski definition) is 4. The van der Waals surface area contributed by atoms with Crippen molar-refractivity contribution in [3.63, 3.8) is 0 Å². The average Bonchev–Trinajstić information content (AvgIpc) is 2.66. The lowest BCUT2D eigenvalue weighted by Gasteiger charge is -2.39. The third-order valence-corrected chi connectivity index (χ3v) is 5.25. The van der Waals surface area contributed by atoms with Crippen LogP contribution in [0.15, 0.2) is 54.1 Å². The molecule has 2 aliphatic rings. The van der Waals surface area contributed by atoms with Crippen LogP contribution in [0.5, 0.6) is 0 Å². The number of likely N-dealkylation sites (tertiary alicyclic amines) is 1. The number of carbonyl (C=O) groups is 1. The van der Waals surface area contributed by atoms with E-state index < -0.39 is 17.8 Å². The van der Waals surface area contributed by atoms with Gasteiger partial charge in [0.25, 0.3) is 0 Å². The Morgan fingerprint density at radius 2 is 2.00 bits per heavy atom. The Morgan fingerprint density at radius 3 is 2.62 bits per heavy atom. The summed E-state index contributed by atoms with van der Waals surface area (Å²) in [5.74, 6) is -0.262. The maximum atomic E-state index is 14.6. The molecule has 6 heteroatoms. The van der Waals surface area contributed by atoms with E-state index in [1.807, 2.05) is 57.2 Å². The highest BCUT2D eigenvalue weighted by Gasteiger charge is 2.37. The number of ether oxygens (including phenoxy) is 2. The summed E-state index contributed by atoms with van der Waals surface area (Å²) in [6.07, 6.45) is 3.25. The largest absolute Gasteiger partial charge is 0.486 e. The summed E-state index contributed by atoms with van der Waals surface area (Å²) in [5, 5.41) is 10.6. The molecule has 3 atom stereocenters. The molecule has 0 radical (unpaired) electrons. The first-order valence-electron chi connectivity index (χ1n) is 10.1. The monoisotopic (exact) mass is 403 g/mol. The highest BCUT2D eigenvalue weighted by atomic mass is 19.1. The summed E-state index contributed by atoms with van der Waals surface area (Å²) in [7, 11) is 0. The van der Waals surface area contributed by atoms with E-state index in [0.717, 1.165) is 5.56 Å². The van der Waals surface area contributed by atoms with Crippen LogP contribution in [0.3, 0.4) is 0 Å². The summed E-state index contributed by atoms with van der Waals surface area (Å²) in [6, 6.07) is 9.63. The lowest BCUT2D eigenvalue weighted by Crippen LogP contribution is -2.49. The van der Waals surface area contributed by atoms with Crippen LogP contribution in [-0.2, 0) is 16.1 Å². The van der Waals surface area contributed by atoms with E-state index in [0.29, 0.717) is 19.6 Å². The van der Waals surface area contributed by atoms with Crippen LogP contribution in [0, 0.1) is 11.8 Å². The number of allylic oxidation sites excluding steroid dienone is 3. The van der Waals surface area contributed by atoms with Crippen LogP contribution in [0.4, 0.5) is 9.18 Å². The summed E-state index contributed by atoms with van der Waals surface area (Å²) in [4.78, 5) is 13.7. The molecule has 1 fully saturated rings. The maximum Gasteiger partial charge on any atom is 0.410 e. The molecule has 1 aliphatic carbocycles. The smallest absolute Gasteiger partial charge is 0.410 e. The SMILES string of the molecule is CC(C)(C)OC(=O)N1CC[C@@H](C2C=CC(OCc3ccccc3)=C(F)C2)[C@H](O)C1. The second-order valence-electron chi connectivity index (χ2n) is 8.72. The number of aliphatic hydroxyl groups excluding tert-OH is 1. The number of hydrogen-bond donors (Lipinski definition) is 1. The van der Waals surface area contributed by atoms with Gasteiger partial charge in [-0.25, -0.2) is 9.18 Å². The van der Waals surface area contributed by atoms with Gasteiger partial charge in [0.2, 0.25) is 0 Å². The highest BCUT2D eigenvalue weighted by molar-refractivity contribution is 5.68. The molecule has 0 spiro atoms. The van der Waals surface area contributed by atoms with E-state index in [1.165, 1.54) is 4.90 Å². The lowest BCUT2D eigenvalue weighted by molar-refractivity contribution is -0.0212. The summed E-state index contributed by atoms with van der Waals surface area (Å²) in [6.45, 7) is 6.44. The van der Waals surface area contributed by atoms with Crippen LogP contribution in [0.2, 0.25) is 0 Å². The van der Waals surface area contributed by atoms with Crippen molar-refractivity contribution in [2.24, 2.45) is 11.8 Å². The molecule has 1 aromatic rings. The standard InChI is InChI=1S/C23H30FNO4/c1-23(2,3)29-22(27)25-12-11-18(20(26)14-25)17-9-10-21(19(24)13-17)28-15-16-7-5-4-6-8-16/h4-10,17-18,20,26H,11-15H2,1-3H3/t17?,18-,20+/m0/s1. The fourth-order valence-corrected chi connectivity index (χ4v) is 3.77. The third kappa shape index (κ3) is 5.82. The first kappa shape index (κ1) is 21.4. The molecule has 1 aliphatic heterocycles. The van der Waals surface area contributed by atoms with Crippen LogP contribution >= 0.6 is 0 Å². The number of rotatable bonds is 4. The molecule has 1 heterocycles. The maximum absolute atomic E-state index is 14.6. The predicted molar refractivity (Wildman–Crippen MR) is 109 cm³/mol. The average molecular weight is 403 g/mol. The molecule has 1 aromatic carbocycles. The van der Waals surface area contributed by atoms with Crippen molar-refractivity contribution in [3.05, 3.63) is 59.6 Å².